The molecule has 0 bridgehead atoms. The standard InChI is InChI=1S/C8H13NO3.C5H7NO2/c1-2-12-8(11)6-4-3-5-9-7(6)10;7-4-2-1-3-5(8)6-4/h6H,2-5H2,1H3,(H,9,10);1-3H2,(H,6,7,8). The summed E-state index contributed by atoms with van der Waals surface area (Å²) in [6.07, 6.45) is 3.20. The maximum absolute atomic E-state index is 11.1. The van der Waals surface area contributed by atoms with Crippen LogP contribution in [-0.2, 0) is 23.9 Å². The van der Waals surface area contributed by atoms with E-state index in [0.717, 1.165) is 6.42 Å². The van der Waals surface area contributed by atoms with Gasteiger partial charge in [0.05, 0.1) is 6.61 Å². The molecule has 20 heavy (non-hydrogen) atoms. The largest absolute Gasteiger partial charge is 0.465 e. The fraction of sp³-hybridized carbons (Fsp3) is 0.692. The predicted molar refractivity (Wildman–Crippen MR) is 69.4 cm³/mol. The van der Waals surface area contributed by atoms with Gasteiger partial charge in [-0.25, -0.2) is 0 Å². The third-order valence-corrected chi connectivity index (χ3v) is 2.94. The minimum atomic E-state index is -0.571. The molecule has 7 heteroatoms. The minimum Gasteiger partial charge on any atom is -0.465 e. The van der Waals surface area contributed by atoms with Gasteiger partial charge >= 0.3 is 5.97 Å². The number of carbonyl (C=O) groups is 4. The molecule has 0 aromatic rings. The van der Waals surface area contributed by atoms with E-state index in [9.17, 15) is 19.2 Å². The number of hydrogen-bond acceptors (Lipinski definition) is 5. The fourth-order valence-electron chi connectivity index (χ4n) is 1.93. The summed E-state index contributed by atoms with van der Waals surface area (Å²) >= 11 is 0. The van der Waals surface area contributed by atoms with E-state index >= 15 is 0 Å². The van der Waals surface area contributed by atoms with Crippen molar-refractivity contribution in [1.29, 1.82) is 0 Å². The molecule has 0 radical (unpaired) electrons. The Labute approximate surface area is 117 Å². The van der Waals surface area contributed by atoms with Crippen LogP contribution in [0.3, 0.4) is 0 Å². The highest BCUT2D eigenvalue weighted by Crippen LogP contribution is 2.12. The van der Waals surface area contributed by atoms with Crippen molar-refractivity contribution in [3.05, 3.63) is 0 Å². The average Bonchev–Trinajstić information content (AvgIpc) is 2.40. The molecule has 0 spiro atoms. The number of nitrogens with one attached hydrogen (secondary N) is 2. The Bertz CT molecular complexity index is 380. The molecule has 2 saturated heterocycles. The summed E-state index contributed by atoms with van der Waals surface area (Å²) in [6.45, 7) is 2.75. The quantitative estimate of drug-likeness (QED) is 0.418. The lowest BCUT2D eigenvalue weighted by Crippen LogP contribution is -2.41. The monoisotopic (exact) mass is 284 g/mol. The SMILES string of the molecule is CCOC(=O)C1CCCNC1=O.O=C1CCCC(=O)N1. The van der Waals surface area contributed by atoms with Crippen LogP contribution < -0.4 is 10.6 Å². The van der Waals surface area contributed by atoms with Gasteiger partial charge in [0.25, 0.3) is 0 Å². The highest BCUT2D eigenvalue weighted by atomic mass is 16.5. The zero-order valence-electron chi connectivity index (χ0n) is 11.6. The van der Waals surface area contributed by atoms with Crippen LogP contribution in [0.4, 0.5) is 0 Å². The molecule has 112 valence electrons. The minimum absolute atomic E-state index is 0.138. The summed E-state index contributed by atoms with van der Waals surface area (Å²) in [5, 5.41) is 4.83. The van der Waals surface area contributed by atoms with E-state index in [4.69, 9.17) is 4.74 Å². The third kappa shape index (κ3) is 5.38. The first kappa shape index (κ1) is 16.1. The molecule has 2 aliphatic heterocycles. The van der Waals surface area contributed by atoms with E-state index in [2.05, 4.69) is 10.6 Å². The highest BCUT2D eigenvalue weighted by Gasteiger charge is 2.29. The van der Waals surface area contributed by atoms with Gasteiger partial charge in [-0.3, -0.25) is 24.5 Å². The third-order valence-electron chi connectivity index (χ3n) is 2.94. The average molecular weight is 284 g/mol. The molecule has 2 rings (SSSR count). The Morgan fingerprint density at radius 2 is 1.85 bits per heavy atom. The van der Waals surface area contributed by atoms with Crippen LogP contribution in [0.5, 0.6) is 0 Å². The Morgan fingerprint density at radius 3 is 2.30 bits per heavy atom. The Hall–Kier alpha value is -1.92. The van der Waals surface area contributed by atoms with Crippen molar-refractivity contribution in [3.8, 4) is 0 Å². The number of ether oxygens (including phenoxy) is 1. The number of amides is 3. The van der Waals surface area contributed by atoms with Gasteiger partial charge in [0.15, 0.2) is 0 Å². The van der Waals surface area contributed by atoms with Crippen molar-refractivity contribution < 1.29 is 23.9 Å². The van der Waals surface area contributed by atoms with Crippen LogP contribution in [0, 0.1) is 5.92 Å². The first-order valence-corrected chi connectivity index (χ1v) is 6.81. The topological polar surface area (TPSA) is 102 Å². The Kier molecular flexibility index (Phi) is 6.69. The van der Waals surface area contributed by atoms with Gasteiger partial charge in [0.2, 0.25) is 17.7 Å². The second-order valence-corrected chi connectivity index (χ2v) is 4.56. The summed E-state index contributed by atoms with van der Waals surface area (Å²) in [5.41, 5.74) is 0. The molecule has 2 N–H and O–H groups in total. The van der Waals surface area contributed by atoms with Gasteiger partial charge in [0, 0.05) is 19.4 Å². The lowest BCUT2D eigenvalue weighted by atomic mass is 9.99. The van der Waals surface area contributed by atoms with Crippen molar-refractivity contribution in [2.24, 2.45) is 5.92 Å². The Balaban J connectivity index is 0.000000217. The van der Waals surface area contributed by atoms with Crippen LogP contribution in [0.1, 0.15) is 39.0 Å². The van der Waals surface area contributed by atoms with Gasteiger partial charge in [0.1, 0.15) is 5.92 Å². The van der Waals surface area contributed by atoms with E-state index < -0.39 is 11.9 Å². The van der Waals surface area contributed by atoms with Gasteiger partial charge in [-0.05, 0) is 26.2 Å². The van der Waals surface area contributed by atoms with Crippen LogP contribution in [0.2, 0.25) is 0 Å². The van der Waals surface area contributed by atoms with Crippen molar-refractivity contribution in [2.45, 2.75) is 39.0 Å². The number of rotatable bonds is 2. The molecular formula is C13H20N2O5. The van der Waals surface area contributed by atoms with Crippen molar-refractivity contribution in [3.63, 3.8) is 0 Å². The lowest BCUT2D eigenvalue weighted by molar-refractivity contribution is -0.153. The van der Waals surface area contributed by atoms with Crippen molar-refractivity contribution in [2.75, 3.05) is 13.2 Å². The normalized spacial score (nSPS) is 22.1. The molecule has 0 aromatic carbocycles. The van der Waals surface area contributed by atoms with E-state index in [-0.39, 0.29) is 17.7 Å². The molecule has 7 nitrogen and oxygen atoms in total. The summed E-state index contributed by atoms with van der Waals surface area (Å²) in [6, 6.07) is 0. The zero-order valence-corrected chi connectivity index (χ0v) is 11.6. The number of carbonyl (C=O) groups excluding carboxylic acids is 4. The molecule has 1 unspecified atom stereocenters. The second-order valence-electron chi connectivity index (χ2n) is 4.56. The predicted octanol–water partition coefficient (Wildman–Crippen LogP) is -0.111. The van der Waals surface area contributed by atoms with E-state index in [1.165, 1.54) is 0 Å². The second kappa shape index (κ2) is 8.29. The molecule has 0 aromatic heterocycles. The first-order valence-electron chi connectivity index (χ1n) is 6.81. The van der Waals surface area contributed by atoms with E-state index in [0.29, 0.717) is 38.8 Å². The van der Waals surface area contributed by atoms with Gasteiger partial charge in [-0.1, -0.05) is 0 Å². The summed E-state index contributed by atoms with van der Waals surface area (Å²) < 4.78 is 4.75. The maximum Gasteiger partial charge on any atom is 0.318 e. The molecule has 0 saturated carbocycles. The number of imide groups is 1. The zero-order chi connectivity index (χ0) is 15.0. The molecule has 1 atom stereocenters. The number of piperidine rings is 2. The van der Waals surface area contributed by atoms with Crippen molar-refractivity contribution >= 4 is 23.7 Å². The summed E-state index contributed by atoms with van der Waals surface area (Å²) in [5.74, 6) is -1.43. The van der Waals surface area contributed by atoms with Crippen LogP contribution in [0.25, 0.3) is 0 Å². The van der Waals surface area contributed by atoms with E-state index in [1.807, 2.05) is 0 Å². The Morgan fingerprint density at radius 1 is 1.20 bits per heavy atom. The lowest BCUT2D eigenvalue weighted by Gasteiger charge is -2.19. The highest BCUT2D eigenvalue weighted by molar-refractivity contribution is 5.98. The van der Waals surface area contributed by atoms with Gasteiger partial charge in [-0.15, -0.1) is 0 Å². The summed E-state index contributed by atoms with van der Waals surface area (Å²) in [4.78, 5) is 42.9. The van der Waals surface area contributed by atoms with Crippen LogP contribution in [0.15, 0.2) is 0 Å². The number of esters is 1. The molecular weight excluding hydrogens is 264 g/mol. The molecule has 2 aliphatic rings. The molecule has 2 heterocycles. The first-order chi connectivity index (χ1) is 9.54. The van der Waals surface area contributed by atoms with Gasteiger partial charge in [-0.2, -0.15) is 0 Å². The van der Waals surface area contributed by atoms with E-state index in [1.54, 1.807) is 6.92 Å². The summed E-state index contributed by atoms with van der Waals surface area (Å²) in [7, 11) is 0. The van der Waals surface area contributed by atoms with Gasteiger partial charge < -0.3 is 10.1 Å². The van der Waals surface area contributed by atoms with Crippen LogP contribution >= 0.6 is 0 Å². The smallest absolute Gasteiger partial charge is 0.318 e. The number of hydrogen-bond donors (Lipinski definition) is 2. The molecule has 0 aliphatic carbocycles. The fourth-order valence-corrected chi connectivity index (χ4v) is 1.93. The molecule has 2 fully saturated rings. The van der Waals surface area contributed by atoms with Crippen molar-refractivity contribution in [1.82, 2.24) is 10.6 Å². The van der Waals surface area contributed by atoms with Crippen LogP contribution in [-0.4, -0.2) is 36.8 Å². The maximum atomic E-state index is 11.1. The molecule has 3 amide bonds.